The molecule has 3 heterocycles. The summed E-state index contributed by atoms with van der Waals surface area (Å²) in [5.41, 5.74) is 1.28. The molecule has 0 amide bonds. The van der Waals surface area contributed by atoms with E-state index >= 15 is 0 Å². The van der Waals surface area contributed by atoms with Crippen LogP contribution in [0.1, 0.15) is 49.2 Å². The van der Waals surface area contributed by atoms with Gasteiger partial charge in [-0.25, -0.2) is 4.79 Å². The SMILES string of the molecule is COCCCOc1cc2c(c3c1OCC3)-c1cc(=O)c(C(=O)O)cn1[C@H](C(C)(C)C)CO2. The van der Waals surface area contributed by atoms with Crippen molar-refractivity contribution < 1.29 is 28.8 Å². The number of rotatable bonds is 6. The van der Waals surface area contributed by atoms with Crippen molar-refractivity contribution in [2.75, 3.05) is 33.5 Å². The van der Waals surface area contributed by atoms with Gasteiger partial charge in [-0.3, -0.25) is 4.79 Å². The van der Waals surface area contributed by atoms with E-state index in [1.807, 2.05) is 10.6 Å². The van der Waals surface area contributed by atoms with Crippen LogP contribution in [-0.2, 0) is 11.2 Å². The smallest absolute Gasteiger partial charge is 0.341 e. The Labute approximate surface area is 186 Å². The first-order valence-corrected chi connectivity index (χ1v) is 10.8. The zero-order valence-electron chi connectivity index (χ0n) is 18.9. The Morgan fingerprint density at radius 2 is 2.03 bits per heavy atom. The number of carbonyl (C=O) groups is 1. The highest BCUT2D eigenvalue weighted by Crippen LogP contribution is 2.50. The number of ether oxygens (including phenoxy) is 4. The van der Waals surface area contributed by atoms with Crippen molar-refractivity contribution in [1.29, 1.82) is 0 Å². The molecule has 2 aliphatic rings. The highest BCUT2D eigenvalue weighted by molar-refractivity contribution is 5.88. The van der Waals surface area contributed by atoms with Gasteiger partial charge in [0.1, 0.15) is 17.9 Å². The van der Waals surface area contributed by atoms with Crippen LogP contribution >= 0.6 is 0 Å². The van der Waals surface area contributed by atoms with Crippen molar-refractivity contribution >= 4 is 5.97 Å². The molecular formula is C24H29NO7. The van der Waals surface area contributed by atoms with Crippen molar-refractivity contribution in [1.82, 2.24) is 4.57 Å². The largest absolute Gasteiger partial charge is 0.491 e. The second-order valence-electron chi connectivity index (χ2n) is 9.19. The van der Waals surface area contributed by atoms with Gasteiger partial charge in [0.25, 0.3) is 0 Å². The number of aromatic carboxylic acids is 1. The maximum Gasteiger partial charge on any atom is 0.341 e. The monoisotopic (exact) mass is 443 g/mol. The fraction of sp³-hybridized carbons (Fsp3) is 0.500. The molecule has 0 fully saturated rings. The molecule has 2 aromatic rings. The lowest BCUT2D eigenvalue weighted by Crippen LogP contribution is -2.31. The highest BCUT2D eigenvalue weighted by atomic mass is 16.5. The molecule has 2 aliphatic heterocycles. The number of methoxy groups -OCH3 is 1. The maximum atomic E-state index is 12.7. The van der Waals surface area contributed by atoms with Gasteiger partial charge in [0, 0.05) is 56.0 Å². The van der Waals surface area contributed by atoms with Crippen LogP contribution in [0.3, 0.4) is 0 Å². The summed E-state index contributed by atoms with van der Waals surface area (Å²) in [6, 6.07) is 3.04. The fourth-order valence-corrected chi connectivity index (χ4v) is 4.29. The summed E-state index contributed by atoms with van der Waals surface area (Å²) in [7, 11) is 1.65. The van der Waals surface area contributed by atoms with Gasteiger partial charge in [-0.1, -0.05) is 20.8 Å². The van der Waals surface area contributed by atoms with Crippen molar-refractivity contribution in [3.63, 3.8) is 0 Å². The lowest BCUT2D eigenvalue weighted by Gasteiger charge is -2.32. The lowest BCUT2D eigenvalue weighted by molar-refractivity contribution is 0.0693. The Bertz CT molecular complexity index is 1100. The second-order valence-corrected chi connectivity index (χ2v) is 9.19. The third kappa shape index (κ3) is 3.95. The summed E-state index contributed by atoms with van der Waals surface area (Å²) in [6.07, 6.45) is 2.84. The second kappa shape index (κ2) is 8.50. The summed E-state index contributed by atoms with van der Waals surface area (Å²) >= 11 is 0. The van der Waals surface area contributed by atoms with Gasteiger partial charge in [-0.05, 0) is 5.41 Å². The van der Waals surface area contributed by atoms with Crippen molar-refractivity contribution in [2.45, 2.75) is 39.7 Å². The van der Waals surface area contributed by atoms with Crippen LogP contribution in [0.25, 0.3) is 11.3 Å². The molecule has 0 spiro atoms. The number of aromatic nitrogens is 1. The van der Waals surface area contributed by atoms with Crippen molar-refractivity contribution in [2.24, 2.45) is 5.41 Å². The quantitative estimate of drug-likeness (QED) is 0.682. The minimum atomic E-state index is -1.24. The van der Waals surface area contributed by atoms with Gasteiger partial charge >= 0.3 is 5.97 Å². The topological polar surface area (TPSA) is 96.2 Å². The van der Waals surface area contributed by atoms with Gasteiger partial charge in [-0.2, -0.15) is 0 Å². The molecule has 1 N–H and O–H groups in total. The van der Waals surface area contributed by atoms with Crippen LogP contribution in [-0.4, -0.2) is 49.2 Å². The van der Waals surface area contributed by atoms with E-state index in [1.54, 1.807) is 7.11 Å². The average Bonchev–Trinajstić information content (AvgIpc) is 3.14. The predicted octanol–water partition coefficient (Wildman–Crippen LogP) is 3.54. The van der Waals surface area contributed by atoms with E-state index in [2.05, 4.69) is 20.8 Å². The lowest BCUT2D eigenvalue weighted by atomic mass is 9.86. The van der Waals surface area contributed by atoms with E-state index in [4.69, 9.17) is 18.9 Å². The van der Waals surface area contributed by atoms with Gasteiger partial charge < -0.3 is 28.6 Å². The van der Waals surface area contributed by atoms with Gasteiger partial charge in [0.05, 0.1) is 24.9 Å². The number of pyridine rings is 1. The van der Waals surface area contributed by atoms with Crippen LogP contribution in [0.5, 0.6) is 17.2 Å². The molecule has 0 bridgehead atoms. The zero-order valence-corrected chi connectivity index (χ0v) is 18.9. The Morgan fingerprint density at radius 3 is 2.72 bits per heavy atom. The van der Waals surface area contributed by atoms with E-state index in [1.165, 1.54) is 12.3 Å². The standard InChI is InChI=1S/C24H29NO7/c1-24(2,3)20-13-32-18-11-19(30-8-5-7-29-4)22-14(6-9-31-22)21(18)16-10-17(26)15(23(27)28)12-25(16)20/h10-12,20H,5-9,13H2,1-4H3,(H,27,28)/t20-/m0/s1. The molecule has 1 aromatic heterocycles. The van der Waals surface area contributed by atoms with E-state index in [-0.39, 0.29) is 17.0 Å². The van der Waals surface area contributed by atoms with Crippen LogP contribution in [0.15, 0.2) is 23.1 Å². The fourth-order valence-electron chi connectivity index (χ4n) is 4.29. The summed E-state index contributed by atoms with van der Waals surface area (Å²) in [4.78, 5) is 24.4. The molecule has 8 nitrogen and oxygen atoms in total. The first-order valence-electron chi connectivity index (χ1n) is 10.8. The first kappa shape index (κ1) is 22.2. The minimum Gasteiger partial charge on any atom is -0.491 e. The van der Waals surface area contributed by atoms with Gasteiger partial charge in [0.2, 0.25) is 0 Å². The van der Waals surface area contributed by atoms with Crippen molar-refractivity contribution in [3.8, 4) is 28.5 Å². The maximum absolute atomic E-state index is 12.7. The molecule has 0 saturated carbocycles. The number of benzene rings is 1. The Morgan fingerprint density at radius 1 is 1.25 bits per heavy atom. The number of carboxylic acid groups (broad SMARTS) is 1. The molecule has 8 heteroatoms. The van der Waals surface area contributed by atoms with Crippen molar-refractivity contribution in [3.05, 3.63) is 39.7 Å². The van der Waals surface area contributed by atoms with E-state index in [0.29, 0.717) is 55.8 Å². The molecule has 4 rings (SSSR count). The summed E-state index contributed by atoms with van der Waals surface area (Å²) < 4.78 is 25.1. The third-order valence-corrected chi connectivity index (χ3v) is 5.96. The molecular weight excluding hydrogens is 414 g/mol. The summed E-state index contributed by atoms with van der Waals surface area (Å²) in [6.45, 7) is 8.10. The molecule has 0 aliphatic carbocycles. The van der Waals surface area contributed by atoms with Crippen LogP contribution in [0, 0.1) is 5.41 Å². The number of hydrogen-bond donors (Lipinski definition) is 1. The molecule has 1 aromatic carbocycles. The summed E-state index contributed by atoms with van der Waals surface area (Å²) in [5, 5.41) is 9.54. The normalized spacial score (nSPS) is 16.8. The first-order chi connectivity index (χ1) is 15.2. The average molecular weight is 443 g/mol. The minimum absolute atomic E-state index is 0.187. The molecule has 0 radical (unpaired) electrons. The Hall–Kier alpha value is -3.00. The number of carboxylic acids is 1. The molecule has 1 atom stereocenters. The van der Waals surface area contributed by atoms with Crippen LogP contribution in [0.2, 0.25) is 0 Å². The molecule has 32 heavy (non-hydrogen) atoms. The van der Waals surface area contributed by atoms with Gasteiger partial charge in [0.15, 0.2) is 16.9 Å². The Balaban J connectivity index is 1.90. The summed E-state index contributed by atoms with van der Waals surface area (Å²) in [5.74, 6) is 0.633. The van der Waals surface area contributed by atoms with Crippen LogP contribution < -0.4 is 19.6 Å². The van der Waals surface area contributed by atoms with E-state index in [0.717, 1.165) is 17.5 Å². The number of hydrogen-bond acceptors (Lipinski definition) is 6. The number of fused-ring (bicyclic) bond motifs is 5. The van der Waals surface area contributed by atoms with E-state index in [9.17, 15) is 14.7 Å². The molecule has 172 valence electrons. The number of nitrogens with zero attached hydrogens (tertiary/aromatic N) is 1. The zero-order chi connectivity index (χ0) is 23.0. The molecule has 0 unspecified atom stereocenters. The molecule has 0 saturated heterocycles. The Kier molecular flexibility index (Phi) is 5.90. The van der Waals surface area contributed by atoms with E-state index < -0.39 is 11.4 Å². The van der Waals surface area contributed by atoms with Crippen LogP contribution in [0.4, 0.5) is 0 Å². The third-order valence-electron chi connectivity index (χ3n) is 5.96. The predicted molar refractivity (Wildman–Crippen MR) is 118 cm³/mol. The highest BCUT2D eigenvalue weighted by Gasteiger charge is 2.36. The van der Waals surface area contributed by atoms with Gasteiger partial charge in [-0.15, -0.1) is 0 Å².